The quantitative estimate of drug-likeness (QED) is 0.609. The van der Waals surface area contributed by atoms with E-state index in [1.165, 1.54) is 0 Å². The molecule has 0 aromatic carbocycles. The lowest BCUT2D eigenvalue weighted by atomic mass is 9.95. The Morgan fingerprint density at radius 2 is 2.31 bits per heavy atom. The summed E-state index contributed by atoms with van der Waals surface area (Å²) in [4.78, 5) is 13.5. The zero-order chi connectivity index (χ0) is 9.42. The van der Waals surface area contributed by atoms with Crippen molar-refractivity contribution in [3.8, 4) is 0 Å². The molecular weight excluding hydrogens is 166 g/mol. The minimum absolute atomic E-state index is 0.314. The van der Waals surface area contributed by atoms with Crippen molar-refractivity contribution in [3.05, 3.63) is 0 Å². The van der Waals surface area contributed by atoms with E-state index in [0.29, 0.717) is 23.8 Å². The molecule has 2 aliphatic rings. The van der Waals surface area contributed by atoms with Gasteiger partial charge in [-0.1, -0.05) is 13.8 Å². The SMILES string of the molecule is CC(C)C1CC(=O)N(CC2CO2)C1. The number of nitrogens with zero attached hydrogens (tertiary/aromatic N) is 1. The number of carbonyl (C=O) groups excluding carboxylic acids is 1. The normalized spacial score (nSPS) is 33.2. The van der Waals surface area contributed by atoms with Gasteiger partial charge in [0.1, 0.15) is 0 Å². The summed E-state index contributed by atoms with van der Waals surface area (Å²) in [6, 6.07) is 0. The lowest BCUT2D eigenvalue weighted by Gasteiger charge is -2.16. The predicted molar refractivity (Wildman–Crippen MR) is 49.3 cm³/mol. The first-order chi connectivity index (χ1) is 6.16. The third-order valence-electron chi connectivity index (χ3n) is 3.01. The smallest absolute Gasteiger partial charge is 0.223 e. The van der Waals surface area contributed by atoms with Gasteiger partial charge in [0.2, 0.25) is 5.91 Å². The minimum Gasteiger partial charge on any atom is -0.371 e. The second kappa shape index (κ2) is 3.29. The summed E-state index contributed by atoms with van der Waals surface area (Å²) in [5, 5.41) is 0. The van der Waals surface area contributed by atoms with Gasteiger partial charge in [-0.2, -0.15) is 0 Å². The van der Waals surface area contributed by atoms with Crippen LogP contribution in [-0.2, 0) is 9.53 Å². The fourth-order valence-electron chi connectivity index (χ4n) is 1.84. The number of hydrogen-bond donors (Lipinski definition) is 0. The standard InChI is InChI=1S/C10H17NO2/c1-7(2)8-3-10(12)11(4-8)5-9-6-13-9/h7-9H,3-6H2,1-2H3. The van der Waals surface area contributed by atoms with Crippen LogP contribution in [-0.4, -0.2) is 36.6 Å². The number of rotatable bonds is 3. The third kappa shape index (κ3) is 2.02. The molecule has 2 saturated heterocycles. The highest BCUT2D eigenvalue weighted by Gasteiger charge is 2.35. The van der Waals surface area contributed by atoms with Gasteiger partial charge in [-0.05, 0) is 11.8 Å². The maximum atomic E-state index is 11.5. The van der Waals surface area contributed by atoms with Crippen molar-refractivity contribution >= 4 is 5.91 Å². The highest BCUT2D eigenvalue weighted by Crippen LogP contribution is 2.26. The van der Waals surface area contributed by atoms with Gasteiger partial charge in [0.05, 0.1) is 12.7 Å². The Bertz CT molecular complexity index is 211. The maximum absolute atomic E-state index is 11.5. The van der Waals surface area contributed by atoms with Gasteiger partial charge in [0.15, 0.2) is 0 Å². The topological polar surface area (TPSA) is 32.8 Å². The number of hydrogen-bond acceptors (Lipinski definition) is 2. The Labute approximate surface area is 79.0 Å². The molecule has 13 heavy (non-hydrogen) atoms. The molecule has 2 fully saturated rings. The van der Waals surface area contributed by atoms with E-state index >= 15 is 0 Å². The van der Waals surface area contributed by atoms with Gasteiger partial charge in [0.25, 0.3) is 0 Å². The molecule has 0 spiro atoms. The van der Waals surface area contributed by atoms with Crippen molar-refractivity contribution in [2.75, 3.05) is 19.7 Å². The average molecular weight is 183 g/mol. The Morgan fingerprint density at radius 3 is 2.77 bits per heavy atom. The molecule has 0 radical (unpaired) electrons. The van der Waals surface area contributed by atoms with Crippen molar-refractivity contribution in [2.24, 2.45) is 11.8 Å². The van der Waals surface area contributed by atoms with E-state index in [1.54, 1.807) is 0 Å². The van der Waals surface area contributed by atoms with Crippen LogP contribution in [0.1, 0.15) is 20.3 Å². The average Bonchev–Trinajstić information content (AvgIpc) is 2.78. The van der Waals surface area contributed by atoms with Gasteiger partial charge in [0, 0.05) is 19.5 Å². The van der Waals surface area contributed by atoms with Crippen LogP contribution in [0.15, 0.2) is 0 Å². The van der Waals surface area contributed by atoms with Crippen LogP contribution in [0, 0.1) is 11.8 Å². The zero-order valence-corrected chi connectivity index (χ0v) is 8.32. The number of carbonyl (C=O) groups is 1. The molecule has 2 aliphatic heterocycles. The Balaban J connectivity index is 1.87. The van der Waals surface area contributed by atoms with Gasteiger partial charge < -0.3 is 9.64 Å². The lowest BCUT2D eigenvalue weighted by Crippen LogP contribution is -2.29. The summed E-state index contributed by atoms with van der Waals surface area (Å²) in [5.74, 6) is 1.49. The molecule has 74 valence electrons. The van der Waals surface area contributed by atoms with E-state index in [2.05, 4.69) is 13.8 Å². The molecule has 0 N–H and O–H groups in total. The van der Waals surface area contributed by atoms with E-state index in [-0.39, 0.29) is 0 Å². The van der Waals surface area contributed by atoms with Crippen LogP contribution in [0.25, 0.3) is 0 Å². The van der Waals surface area contributed by atoms with Crippen LogP contribution >= 0.6 is 0 Å². The van der Waals surface area contributed by atoms with Crippen molar-refractivity contribution in [3.63, 3.8) is 0 Å². The zero-order valence-electron chi connectivity index (χ0n) is 8.32. The number of amides is 1. The second-order valence-corrected chi connectivity index (χ2v) is 4.46. The fraction of sp³-hybridized carbons (Fsp3) is 0.900. The molecule has 0 aromatic rings. The molecule has 2 unspecified atom stereocenters. The summed E-state index contributed by atoms with van der Waals surface area (Å²) < 4.78 is 5.12. The Kier molecular flexibility index (Phi) is 2.28. The molecular formula is C10H17NO2. The van der Waals surface area contributed by atoms with Crippen molar-refractivity contribution in [1.29, 1.82) is 0 Å². The van der Waals surface area contributed by atoms with E-state index in [0.717, 1.165) is 26.1 Å². The van der Waals surface area contributed by atoms with Crippen molar-refractivity contribution in [1.82, 2.24) is 4.90 Å². The summed E-state index contributed by atoms with van der Waals surface area (Å²) in [6.45, 7) is 6.98. The summed E-state index contributed by atoms with van der Waals surface area (Å²) in [5.41, 5.74) is 0. The number of epoxide rings is 1. The Hall–Kier alpha value is -0.570. The highest BCUT2D eigenvalue weighted by atomic mass is 16.6. The summed E-state index contributed by atoms with van der Waals surface area (Å²) >= 11 is 0. The molecule has 3 nitrogen and oxygen atoms in total. The number of likely N-dealkylation sites (tertiary alicyclic amines) is 1. The van der Waals surface area contributed by atoms with Crippen LogP contribution < -0.4 is 0 Å². The summed E-state index contributed by atoms with van der Waals surface area (Å²) in [6.07, 6.45) is 1.08. The fourth-order valence-corrected chi connectivity index (χ4v) is 1.84. The monoisotopic (exact) mass is 183 g/mol. The molecule has 0 bridgehead atoms. The lowest BCUT2D eigenvalue weighted by molar-refractivity contribution is -0.127. The second-order valence-electron chi connectivity index (χ2n) is 4.46. The van der Waals surface area contributed by atoms with E-state index in [1.807, 2.05) is 4.90 Å². The van der Waals surface area contributed by atoms with Crippen LogP contribution in [0.4, 0.5) is 0 Å². The highest BCUT2D eigenvalue weighted by molar-refractivity contribution is 5.78. The number of ether oxygens (including phenoxy) is 1. The molecule has 2 atom stereocenters. The summed E-state index contributed by atoms with van der Waals surface area (Å²) in [7, 11) is 0. The van der Waals surface area contributed by atoms with E-state index in [4.69, 9.17) is 4.74 Å². The largest absolute Gasteiger partial charge is 0.371 e. The van der Waals surface area contributed by atoms with Gasteiger partial charge in [-0.25, -0.2) is 0 Å². The third-order valence-corrected chi connectivity index (χ3v) is 3.01. The van der Waals surface area contributed by atoms with Gasteiger partial charge in [-0.3, -0.25) is 4.79 Å². The molecule has 2 rings (SSSR count). The first-order valence-electron chi connectivity index (χ1n) is 5.06. The molecule has 3 heteroatoms. The van der Waals surface area contributed by atoms with Crippen LogP contribution in [0.3, 0.4) is 0 Å². The Morgan fingerprint density at radius 1 is 1.62 bits per heavy atom. The van der Waals surface area contributed by atoms with Gasteiger partial charge in [-0.15, -0.1) is 0 Å². The molecule has 0 aliphatic carbocycles. The first-order valence-corrected chi connectivity index (χ1v) is 5.06. The minimum atomic E-state index is 0.314. The van der Waals surface area contributed by atoms with E-state index in [9.17, 15) is 4.79 Å². The van der Waals surface area contributed by atoms with Gasteiger partial charge >= 0.3 is 0 Å². The predicted octanol–water partition coefficient (Wildman–Crippen LogP) is 0.890. The van der Waals surface area contributed by atoms with Crippen LogP contribution in [0.2, 0.25) is 0 Å². The molecule has 1 amide bonds. The first kappa shape index (κ1) is 9.00. The maximum Gasteiger partial charge on any atom is 0.223 e. The van der Waals surface area contributed by atoms with Crippen molar-refractivity contribution < 1.29 is 9.53 Å². The molecule has 2 heterocycles. The molecule has 0 aromatic heterocycles. The van der Waals surface area contributed by atoms with Crippen LogP contribution in [0.5, 0.6) is 0 Å². The molecule has 0 saturated carbocycles. The van der Waals surface area contributed by atoms with E-state index < -0.39 is 0 Å². The van der Waals surface area contributed by atoms with Crippen molar-refractivity contribution in [2.45, 2.75) is 26.4 Å².